The van der Waals surface area contributed by atoms with Crippen LogP contribution in [0.2, 0.25) is 5.15 Å². The van der Waals surface area contributed by atoms with Crippen LogP contribution in [0, 0.1) is 0 Å². The second kappa shape index (κ2) is 9.34. The van der Waals surface area contributed by atoms with Crippen molar-refractivity contribution in [3.8, 4) is 17.2 Å². The number of methoxy groups -OCH3 is 1. The van der Waals surface area contributed by atoms with Crippen LogP contribution >= 0.6 is 11.6 Å². The Bertz CT molecular complexity index is 1350. The number of halogens is 4. The third-order valence-corrected chi connectivity index (χ3v) is 6.32. The first-order valence-electron chi connectivity index (χ1n) is 11.1. The summed E-state index contributed by atoms with van der Waals surface area (Å²) in [7, 11) is 1.52. The lowest BCUT2D eigenvalue weighted by atomic mass is 10.1. The van der Waals surface area contributed by atoms with Crippen LogP contribution in [0.5, 0.6) is 17.2 Å². The molecular formula is C25H20ClF3N4O3. The van der Waals surface area contributed by atoms with E-state index in [1.165, 1.54) is 19.4 Å². The van der Waals surface area contributed by atoms with Gasteiger partial charge in [0, 0.05) is 32.4 Å². The van der Waals surface area contributed by atoms with Crippen LogP contribution in [0.1, 0.15) is 21.5 Å². The van der Waals surface area contributed by atoms with Crippen LogP contribution < -0.4 is 9.47 Å². The number of piperazine rings is 1. The largest absolute Gasteiger partial charge is 0.497 e. The monoisotopic (exact) mass is 516 g/mol. The molecule has 2 aliphatic heterocycles. The summed E-state index contributed by atoms with van der Waals surface area (Å²) in [6.07, 6.45) is -3.01. The van der Waals surface area contributed by atoms with Crippen molar-refractivity contribution in [3.05, 3.63) is 76.6 Å². The maximum Gasteiger partial charge on any atom is 0.416 e. The number of hydrogen-bond acceptors (Lipinski definition) is 6. The van der Waals surface area contributed by atoms with Crippen molar-refractivity contribution in [1.29, 1.82) is 0 Å². The molecule has 1 saturated heterocycles. The summed E-state index contributed by atoms with van der Waals surface area (Å²) in [6, 6.07) is 11.6. The number of fused-ring (bicyclic) bond motifs is 2. The molecule has 11 heteroatoms. The van der Waals surface area contributed by atoms with Gasteiger partial charge in [0.1, 0.15) is 28.2 Å². The van der Waals surface area contributed by atoms with E-state index >= 15 is 0 Å². The molecule has 0 radical (unpaired) electrons. The number of hydrogen-bond donors (Lipinski definition) is 0. The number of carbonyl (C=O) groups excluding carboxylic acids is 1. The molecule has 186 valence electrons. The summed E-state index contributed by atoms with van der Waals surface area (Å²) in [5.41, 5.74) is 0.140. The minimum Gasteiger partial charge on any atom is -0.497 e. The molecule has 3 aromatic rings. The van der Waals surface area contributed by atoms with Gasteiger partial charge in [-0.3, -0.25) is 4.79 Å². The van der Waals surface area contributed by atoms with Crippen LogP contribution in [-0.4, -0.2) is 59.8 Å². The summed E-state index contributed by atoms with van der Waals surface area (Å²) in [5.74, 6) is 1.40. The van der Waals surface area contributed by atoms with Crippen LogP contribution in [0.3, 0.4) is 0 Å². The Balaban J connectivity index is 1.49. The second-order valence-electron chi connectivity index (χ2n) is 8.20. The molecule has 1 amide bonds. The average Bonchev–Trinajstić information content (AvgIpc) is 3.04. The first-order valence-corrected chi connectivity index (χ1v) is 11.4. The van der Waals surface area contributed by atoms with E-state index in [-0.39, 0.29) is 22.5 Å². The van der Waals surface area contributed by atoms with Gasteiger partial charge in [-0.2, -0.15) is 13.2 Å². The molecule has 0 aliphatic carbocycles. The summed E-state index contributed by atoms with van der Waals surface area (Å²) in [4.78, 5) is 25.1. The van der Waals surface area contributed by atoms with Crippen LogP contribution in [0.4, 0.5) is 18.9 Å². The third-order valence-electron chi connectivity index (χ3n) is 6.02. The maximum absolute atomic E-state index is 13.4. The standard InChI is InChI=1S/C25H20ClF3N4O3/c1-35-16-5-7-20-18(14-16)23(31-19-13-15(25(27,28)29)4-6-21(19)36-20)32-9-11-33(12-10-32)24(34)17-3-2-8-30-22(17)26/h2-8,13-14H,9-12H2,1H3. The van der Waals surface area contributed by atoms with Crippen LogP contribution in [0.15, 0.2) is 59.7 Å². The van der Waals surface area contributed by atoms with E-state index in [1.54, 1.807) is 35.2 Å². The summed E-state index contributed by atoms with van der Waals surface area (Å²) in [5, 5.41) is 0.133. The fourth-order valence-corrected chi connectivity index (χ4v) is 4.34. The summed E-state index contributed by atoms with van der Waals surface area (Å²) < 4.78 is 51.5. The Morgan fingerprint density at radius 3 is 2.50 bits per heavy atom. The van der Waals surface area contributed by atoms with E-state index in [0.29, 0.717) is 54.6 Å². The number of carbonyl (C=O) groups is 1. The molecule has 1 fully saturated rings. The minimum absolute atomic E-state index is 0.0654. The molecule has 36 heavy (non-hydrogen) atoms. The number of amides is 1. The number of benzene rings is 2. The quantitative estimate of drug-likeness (QED) is 0.426. The highest BCUT2D eigenvalue weighted by atomic mass is 35.5. The first-order chi connectivity index (χ1) is 17.2. The molecule has 0 bridgehead atoms. The van der Waals surface area contributed by atoms with E-state index in [2.05, 4.69) is 9.98 Å². The third kappa shape index (κ3) is 4.56. The topological polar surface area (TPSA) is 67.3 Å². The smallest absolute Gasteiger partial charge is 0.416 e. The molecule has 0 saturated carbocycles. The zero-order chi connectivity index (χ0) is 25.4. The molecular weight excluding hydrogens is 497 g/mol. The minimum atomic E-state index is -4.52. The van der Waals surface area contributed by atoms with Gasteiger partial charge in [-0.15, -0.1) is 0 Å². The Morgan fingerprint density at radius 2 is 1.81 bits per heavy atom. The molecule has 1 aromatic heterocycles. The Kier molecular flexibility index (Phi) is 6.21. The Morgan fingerprint density at radius 1 is 1.06 bits per heavy atom. The van der Waals surface area contributed by atoms with E-state index in [9.17, 15) is 18.0 Å². The predicted molar refractivity (Wildman–Crippen MR) is 127 cm³/mol. The second-order valence-corrected chi connectivity index (χ2v) is 8.56. The molecule has 3 heterocycles. The molecule has 0 N–H and O–H groups in total. The van der Waals surface area contributed by atoms with Gasteiger partial charge in [-0.25, -0.2) is 9.98 Å². The maximum atomic E-state index is 13.4. The van der Waals surface area contributed by atoms with Gasteiger partial charge in [-0.1, -0.05) is 11.6 Å². The van der Waals surface area contributed by atoms with Gasteiger partial charge >= 0.3 is 6.18 Å². The highest BCUT2D eigenvalue weighted by Gasteiger charge is 2.33. The molecule has 0 atom stereocenters. The van der Waals surface area contributed by atoms with Crippen molar-refractivity contribution >= 4 is 29.0 Å². The van der Waals surface area contributed by atoms with Crippen molar-refractivity contribution in [2.24, 2.45) is 4.99 Å². The van der Waals surface area contributed by atoms with Crippen molar-refractivity contribution < 1.29 is 27.4 Å². The lowest BCUT2D eigenvalue weighted by Gasteiger charge is -2.36. The summed E-state index contributed by atoms with van der Waals surface area (Å²) >= 11 is 6.09. The number of rotatable bonds is 2. The SMILES string of the molecule is COc1ccc2c(c1)C(N1CCN(C(=O)c3cccnc3Cl)CC1)=Nc1cc(C(F)(F)F)ccc1O2. The molecule has 7 nitrogen and oxygen atoms in total. The van der Waals surface area contributed by atoms with E-state index in [0.717, 1.165) is 12.1 Å². The number of pyridine rings is 1. The highest BCUT2D eigenvalue weighted by Crippen LogP contribution is 2.42. The average molecular weight is 517 g/mol. The van der Waals surface area contributed by atoms with E-state index in [1.807, 2.05) is 4.90 Å². The highest BCUT2D eigenvalue weighted by molar-refractivity contribution is 6.32. The predicted octanol–water partition coefficient (Wildman–Crippen LogP) is 5.40. The number of amidine groups is 1. The molecule has 0 unspecified atom stereocenters. The summed E-state index contributed by atoms with van der Waals surface area (Å²) in [6.45, 7) is 1.51. The van der Waals surface area contributed by atoms with Crippen LogP contribution in [0.25, 0.3) is 0 Å². The van der Waals surface area contributed by atoms with Crippen molar-refractivity contribution in [2.45, 2.75) is 6.18 Å². The molecule has 5 rings (SSSR count). The van der Waals surface area contributed by atoms with Gasteiger partial charge in [-0.05, 0) is 48.5 Å². The Hall–Kier alpha value is -3.79. The zero-order valence-electron chi connectivity index (χ0n) is 19.1. The number of alkyl halides is 3. The number of ether oxygens (including phenoxy) is 2. The fourth-order valence-electron chi connectivity index (χ4n) is 4.14. The van der Waals surface area contributed by atoms with E-state index in [4.69, 9.17) is 21.1 Å². The molecule has 2 aliphatic rings. The van der Waals surface area contributed by atoms with Gasteiger partial charge < -0.3 is 19.3 Å². The van der Waals surface area contributed by atoms with Gasteiger partial charge in [0.05, 0.1) is 23.8 Å². The van der Waals surface area contributed by atoms with Gasteiger partial charge in [0.25, 0.3) is 5.91 Å². The van der Waals surface area contributed by atoms with Crippen LogP contribution in [-0.2, 0) is 6.18 Å². The van der Waals surface area contributed by atoms with Crippen molar-refractivity contribution in [3.63, 3.8) is 0 Å². The number of aromatic nitrogens is 1. The molecule has 2 aromatic carbocycles. The lowest BCUT2D eigenvalue weighted by molar-refractivity contribution is -0.137. The Labute approximate surface area is 209 Å². The van der Waals surface area contributed by atoms with Gasteiger partial charge in [0.15, 0.2) is 5.75 Å². The molecule has 0 spiro atoms. The number of nitrogens with zero attached hydrogens (tertiary/aromatic N) is 4. The number of aliphatic imine (C=N–C) groups is 1. The normalized spacial score (nSPS) is 15.3. The fraction of sp³-hybridized carbons (Fsp3) is 0.240. The van der Waals surface area contributed by atoms with Crippen molar-refractivity contribution in [2.75, 3.05) is 33.3 Å². The van der Waals surface area contributed by atoms with Gasteiger partial charge in [0.2, 0.25) is 0 Å². The van der Waals surface area contributed by atoms with E-state index < -0.39 is 11.7 Å². The lowest BCUT2D eigenvalue weighted by Crippen LogP contribution is -2.50. The zero-order valence-corrected chi connectivity index (χ0v) is 19.8. The first kappa shape index (κ1) is 23.9. The van der Waals surface area contributed by atoms with Crippen molar-refractivity contribution in [1.82, 2.24) is 14.8 Å².